The molecular formula is C23H31NO. The van der Waals surface area contributed by atoms with Crippen LogP contribution in [-0.4, -0.2) is 5.16 Å². The summed E-state index contributed by atoms with van der Waals surface area (Å²) >= 11 is 0. The lowest BCUT2D eigenvalue weighted by Crippen LogP contribution is -2.34. The van der Waals surface area contributed by atoms with Gasteiger partial charge in [0.05, 0.1) is 6.20 Å². The molecule has 0 spiro atoms. The van der Waals surface area contributed by atoms with Crippen LogP contribution < -0.4 is 0 Å². The summed E-state index contributed by atoms with van der Waals surface area (Å²) in [6.07, 6.45) is 5.01. The van der Waals surface area contributed by atoms with E-state index in [-0.39, 0.29) is 10.8 Å². The van der Waals surface area contributed by atoms with Crippen LogP contribution in [0.3, 0.4) is 0 Å². The molecule has 0 saturated heterocycles. The van der Waals surface area contributed by atoms with E-state index in [0.717, 1.165) is 12.2 Å². The number of rotatable bonds is 3. The molecule has 0 aliphatic heterocycles. The number of hydrogen-bond donors (Lipinski definition) is 0. The molecule has 0 atom stereocenters. The Morgan fingerprint density at radius 3 is 2.16 bits per heavy atom. The summed E-state index contributed by atoms with van der Waals surface area (Å²) in [6, 6.07) is 6.86. The molecule has 0 radical (unpaired) electrons. The van der Waals surface area contributed by atoms with E-state index in [2.05, 4.69) is 65.8 Å². The molecule has 1 heterocycles. The molecule has 3 rings (SSSR count). The largest absolute Gasteiger partial charge is 0.361 e. The Labute approximate surface area is 152 Å². The number of aryl methyl sites for hydroxylation is 1. The normalized spacial score (nSPS) is 17.9. The second-order valence-corrected chi connectivity index (χ2v) is 9.11. The first-order valence-electron chi connectivity index (χ1n) is 9.34. The maximum atomic E-state index is 5.38. The minimum Gasteiger partial charge on any atom is -0.361 e. The molecule has 1 aliphatic carbocycles. The van der Waals surface area contributed by atoms with Crippen LogP contribution in [0.4, 0.5) is 0 Å². The van der Waals surface area contributed by atoms with Crippen LogP contribution in [0.2, 0.25) is 0 Å². The molecule has 1 aliphatic rings. The molecule has 25 heavy (non-hydrogen) atoms. The van der Waals surface area contributed by atoms with Gasteiger partial charge in [0.1, 0.15) is 5.76 Å². The Bertz CT molecular complexity index is 803. The molecule has 0 amide bonds. The Balaban J connectivity index is 2.16. The highest BCUT2D eigenvalue weighted by Gasteiger charge is 2.37. The Hall–Kier alpha value is -1.83. The monoisotopic (exact) mass is 337 g/mol. The van der Waals surface area contributed by atoms with Crippen molar-refractivity contribution in [1.29, 1.82) is 0 Å². The summed E-state index contributed by atoms with van der Waals surface area (Å²) in [4.78, 5) is 0. The van der Waals surface area contributed by atoms with Crippen molar-refractivity contribution in [2.45, 2.75) is 78.6 Å². The van der Waals surface area contributed by atoms with Crippen molar-refractivity contribution in [2.24, 2.45) is 0 Å². The summed E-state index contributed by atoms with van der Waals surface area (Å²) in [6.45, 7) is 16.2. The molecule has 2 aromatic rings. The number of hydrogen-bond acceptors (Lipinski definition) is 2. The molecule has 0 bridgehead atoms. The summed E-state index contributed by atoms with van der Waals surface area (Å²) in [5.41, 5.74) is 8.94. The van der Waals surface area contributed by atoms with Crippen molar-refractivity contribution >= 4 is 5.57 Å². The van der Waals surface area contributed by atoms with E-state index < -0.39 is 0 Å². The van der Waals surface area contributed by atoms with Crippen LogP contribution in [0.15, 0.2) is 34.5 Å². The first kappa shape index (κ1) is 18.0. The Morgan fingerprint density at radius 2 is 1.64 bits per heavy atom. The molecule has 1 aromatic heterocycles. The van der Waals surface area contributed by atoms with Crippen molar-refractivity contribution in [1.82, 2.24) is 5.16 Å². The molecule has 0 N–H and O–H groups in total. The van der Waals surface area contributed by atoms with Gasteiger partial charge in [0.15, 0.2) is 0 Å². The van der Waals surface area contributed by atoms with E-state index in [0.29, 0.717) is 0 Å². The van der Waals surface area contributed by atoms with E-state index in [4.69, 9.17) is 4.52 Å². The molecule has 0 saturated carbocycles. The maximum absolute atomic E-state index is 5.38. The van der Waals surface area contributed by atoms with Gasteiger partial charge in [-0.1, -0.05) is 50.6 Å². The lowest BCUT2D eigenvalue weighted by Gasteiger charge is -2.42. The van der Waals surface area contributed by atoms with Crippen LogP contribution in [0.5, 0.6) is 0 Å². The third-order valence-electron chi connectivity index (χ3n) is 5.97. The van der Waals surface area contributed by atoms with Crippen molar-refractivity contribution in [3.63, 3.8) is 0 Å². The molecule has 0 fully saturated rings. The summed E-state index contributed by atoms with van der Waals surface area (Å²) in [5, 5.41) is 3.87. The average molecular weight is 338 g/mol. The van der Waals surface area contributed by atoms with E-state index in [1.807, 2.05) is 6.07 Å². The fourth-order valence-electron chi connectivity index (χ4n) is 4.10. The SMILES string of the molecule is CC(C)=C(Cc1ccno1)c1cc2c(cc1C)C(C)(C)CCC2(C)C. The van der Waals surface area contributed by atoms with Crippen molar-refractivity contribution in [2.75, 3.05) is 0 Å². The number of nitrogens with zero attached hydrogens (tertiary/aromatic N) is 1. The van der Waals surface area contributed by atoms with Crippen LogP contribution in [0.25, 0.3) is 5.57 Å². The minimum atomic E-state index is 0.228. The van der Waals surface area contributed by atoms with Gasteiger partial charge >= 0.3 is 0 Å². The highest BCUT2D eigenvalue weighted by atomic mass is 16.5. The highest BCUT2D eigenvalue weighted by Crippen LogP contribution is 2.47. The van der Waals surface area contributed by atoms with Crippen molar-refractivity contribution < 1.29 is 4.52 Å². The Kier molecular flexibility index (Phi) is 4.43. The lowest BCUT2D eigenvalue weighted by atomic mass is 9.62. The molecule has 0 unspecified atom stereocenters. The number of aromatic nitrogens is 1. The molecule has 1 aromatic carbocycles. The van der Waals surface area contributed by atoms with E-state index >= 15 is 0 Å². The minimum absolute atomic E-state index is 0.228. The van der Waals surface area contributed by atoms with Crippen LogP contribution in [0.1, 0.15) is 82.4 Å². The first-order chi connectivity index (χ1) is 11.6. The zero-order valence-electron chi connectivity index (χ0n) is 16.8. The average Bonchev–Trinajstić information content (AvgIpc) is 3.02. The van der Waals surface area contributed by atoms with Gasteiger partial charge < -0.3 is 4.52 Å². The van der Waals surface area contributed by atoms with Gasteiger partial charge in [-0.15, -0.1) is 0 Å². The predicted octanol–water partition coefficient (Wildman–Crippen LogP) is 6.37. The highest BCUT2D eigenvalue weighted by molar-refractivity contribution is 5.73. The van der Waals surface area contributed by atoms with Crippen LogP contribution in [0, 0.1) is 6.92 Å². The molecule has 2 nitrogen and oxygen atoms in total. The van der Waals surface area contributed by atoms with E-state index in [1.54, 1.807) is 6.20 Å². The fourth-order valence-corrected chi connectivity index (χ4v) is 4.10. The number of fused-ring (bicyclic) bond motifs is 1. The number of allylic oxidation sites excluding steroid dienone is 2. The van der Waals surface area contributed by atoms with Crippen LogP contribution >= 0.6 is 0 Å². The first-order valence-corrected chi connectivity index (χ1v) is 9.34. The van der Waals surface area contributed by atoms with Crippen molar-refractivity contribution in [3.8, 4) is 0 Å². The number of benzene rings is 1. The van der Waals surface area contributed by atoms with E-state index in [1.165, 1.54) is 46.2 Å². The van der Waals surface area contributed by atoms with Crippen LogP contribution in [-0.2, 0) is 17.3 Å². The zero-order chi connectivity index (χ0) is 18.4. The van der Waals surface area contributed by atoms with Gasteiger partial charge in [0.2, 0.25) is 0 Å². The molecule has 2 heteroatoms. The van der Waals surface area contributed by atoms with Gasteiger partial charge in [-0.2, -0.15) is 0 Å². The topological polar surface area (TPSA) is 26.0 Å². The summed E-state index contributed by atoms with van der Waals surface area (Å²) < 4.78 is 5.38. The third kappa shape index (κ3) is 3.31. The van der Waals surface area contributed by atoms with Gasteiger partial charge in [0, 0.05) is 12.5 Å². The fraction of sp³-hybridized carbons (Fsp3) is 0.522. The summed E-state index contributed by atoms with van der Waals surface area (Å²) in [7, 11) is 0. The van der Waals surface area contributed by atoms with Crippen molar-refractivity contribution in [3.05, 3.63) is 58.0 Å². The maximum Gasteiger partial charge on any atom is 0.141 e. The zero-order valence-corrected chi connectivity index (χ0v) is 16.8. The summed E-state index contributed by atoms with van der Waals surface area (Å²) in [5.74, 6) is 0.924. The Morgan fingerprint density at radius 1 is 1.04 bits per heavy atom. The van der Waals surface area contributed by atoms with E-state index in [9.17, 15) is 0 Å². The van der Waals surface area contributed by atoms with Gasteiger partial charge in [-0.05, 0) is 72.3 Å². The molecule has 134 valence electrons. The smallest absolute Gasteiger partial charge is 0.141 e. The molecular weight excluding hydrogens is 306 g/mol. The van der Waals surface area contributed by atoms with Gasteiger partial charge in [0.25, 0.3) is 0 Å². The predicted molar refractivity (Wildman–Crippen MR) is 105 cm³/mol. The standard InChI is InChI=1S/C23H31NO/c1-15(2)18(13-17-8-11-24-25-17)19-14-21-20(12-16(19)3)22(4,5)9-10-23(21,6)7/h8,11-12,14H,9-10,13H2,1-7H3. The third-order valence-corrected chi connectivity index (χ3v) is 5.97. The van der Waals surface area contributed by atoms with Gasteiger partial charge in [-0.3, -0.25) is 0 Å². The lowest BCUT2D eigenvalue weighted by molar-refractivity contribution is 0.331. The van der Waals surface area contributed by atoms with Gasteiger partial charge in [-0.25, -0.2) is 0 Å². The second-order valence-electron chi connectivity index (χ2n) is 9.11. The quantitative estimate of drug-likeness (QED) is 0.650. The second kappa shape index (κ2) is 6.16.